The van der Waals surface area contributed by atoms with Gasteiger partial charge in [0.25, 0.3) is 0 Å². The molecule has 2 aromatic carbocycles. The molecule has 0 radical (unpaired) electrons. The Bertz CT molecular complexity index is 1590. The molecule has 206 valence electrons. The Labute approximate surface area is 231 Å². The van der Waals surface area contributed by atoms with E-state index >= 15 is 4.39 Å². The van der Waals surface area contributed by atoms with E-state index in [2.05, 4.69) is 37.1 Å². The molecule has 2 aromatic heterocycles. The van der Waals surface area contributed by atoms with E-state index in [1.54, 1.807) is 12.3 Å². The van der Waals surface area contributed by atoms with Crippen molar-refractivity contribution in [1.82, 2.24) is 25.0 Å². The van der Waals surface area contributed by atoms with Crippen molar-refractivity contribution in [2.45, 2.75) is 19.1 Å². The van der Waals surface area contributed by atoms with Crippen LogP contribution in [0.3, 0.4) is 0 Å². The van der Waals surface area contributed by atoms with Crippen molar-refractivity contribution in [2.24, 2.45) is 0 Å². The van der Waals surface area contributed by atoms with Crippen molar-refractivity contribution in [3.05, 3.63) is 60.0 Å². The maximum absolute atomic E-state index is 15.1. The Morgan fingerprint density at radius 2 is 2.02 bits per heavy atom. The number of carbonyl (C=O) groups is 1. The Morgan fingerprint density at radius 3 is 2.95 bits per heavy atom. The highest BCUT2D eigenvalue weighted by atomic mass is 19.1. The summed E-state index contributed by atoms with van der Waals surface area (Å²) in [7, 11) is 1.88. The van der Waals surface area contributed by atoms with Gasteiger partial charge in [0.15, 0.2) is 0 Å². The summed E-state index contributed by atoms with van der Waals surface area (Å²) >= 11 is 0. The fourth-order valence-corrected chi connectivity index (χ4v) is 6.02. The summed E-state index contributed by atoms with van der Waals surface area (Å²) < 4.78 is 27.4. The Hall–Kier alpha value is -4.02. The number of fused-ring (bicyclic) bond motifs is 7. The lowest BCUT2D eigenvalue weighted by atomic mass is 10.0. The normalized spacial score (nSPS) is 20.1. The minimum atomic E-state index is -0.328. The lowest BCUT2D eigenvalue weighted by Crippen LogP contribution is -2.63. The highest BCUT2D eigenvalue weighted by Crippen LogP contribution is 2.38. The summed E-state index contributed by atoms with van der Waals surface area (Å²) in [5.74, 6) is 0.645. The van der Waals surface area contributed by atoms with Crippen LogP contribution in [-0.4, -0.2) is 89.9 Å². The number of rotatable bonds is 1. The predicted molar refractivity (Wildman–Crippen MR) is 150 cm³/mol. The van der Waals surface area contributed by atoms with E-state index < -0.39 is 0 Å². The molecule has 4 bridgehead atoms. The first kappa shape index (κ1) is 25.0. The van der Waals surface area contributed by atoms with E-state index in [9.17, 15) is 4.79 Å². The number of likely N-dealkylation sites (N-methyl/N-ethyl adjacent to an activating group) is 1. The fraction of sp³-hybridized carbons (Fsp3) is 0.367. The van der Waals surface area contributed by atoms with Crippen molar-refractivity contribution >= 4 is 22.5 Å². The average Bonchev–Trinajstić information content (AvgIpc) is 3.38. The van der Waals surface area contributed by atoms with Gasteiger partial charge < -0.3 is 19.3 Å². The van der Waals surface area contributed by atoms with Crippen LogP contribution in [0, 0.1) is 5.82 Å². The van der Waals surface area contributed by atoms with E-state index in [0.29, 0.717) is 37.4 Å². The monoisotopic (exact) mass is 542 g/mol. The van der Waals surface area contributed by atoms with E-state index in [1.165, 1.54) is 6.07 Å². The van der Waals surface area contributed by atoms with Gasteiger partial charge in [0.05, 0.1) is 49.5 Å². The van der Waals surface area contributed by atoms with Gasteiger partial charge in [0.1, 0.15) is 17.3 Å². The second kappa shape index (κ2) is 10.2. The third-order valence-electron chi connectivity index (χ3n) is 8.18. The SMILES string of the molecule is CN1C[C@@H]2CN(c3ccc4cc3OCCCOCc3cccc(F)c3-c3cc5c-4n[nH]c5cn3)CCN2CC1=O. The zero-order chi connectivity index (χ0) is 27.2. The van der Waals surface area contributed by atoms with E-state index in [1.807, 2.05) is 30.1 Å². The predicted octanol–water partition coefficient (Wildman–Crippen LogP) is 3.69. The van der Waals surface area contributed by atoms with Gasteiger partial charge in [0.2, 0.25) is 5.91 Å². The Kier molecular flexibility index (Phi) is 6.36. The first-order valence-electron chi connectivity index (χ1n) is 13.7. The molecule has 0 saturated carbocycles. The van der Waals surface area contributed by atoms with Crippen molar-refractivity contribution in [3.63, 3.8) is 0 Å². The first-order valence-corrected chi connectivity index (χ1v) is 13.7. The quantitative estimate of drug-likeness (QED) is 0.393. The molecule has 2 saturated heterocycles. The summed E-state index contributed by atoms with van der Waals surface area (Å²) in [5, 5.41) is 8.55. The largest absolute Gasteiger partial charge is 0.491 e. The molecule has 4 aromatic rings. The molecule has 5 heterocycles. The number of aromatic amines is 1. The number of piperazine rings is 2. The fourth-order valence-electron chi connectivity index (χ4n) is 6.02. The number of nitrogens with zero attached hydrogens (tertiary/aromatic N) is 5. The second-order valence-corrected chi connectivity index (χ2v) is 10.7. The molecule has 0 spiro atoms. The van der Waals surface area contributed by atoms with Crippen molar-refractivity contribution in [3.8, 4) is 28.3 Å². The van der Waals surface area contributed by atoms with Crippen LogP contribution in [0.2, 0.25) is 0 Å². The number of pyridine rings is 1. The van der Waals surface area contributed by atoms with E-state index in [0.717, 1.165) is 65.3 Å². The summed E-state index contributed by atoms with van der Waals surface area (Å²) in [6.07, 6.45) is 2.39. The number of halogens is 1. The maximum atomic E-state index is 15.1. The molecule has 3 aliphatic heterocycles. The van der Waals surface area contributed by atoms with Crippen molar-refractivity contribution in [1.29, 1.82) is 0 Å². The number of ether oxygens (including phenoxy) is 2. The van der Waals surface area contributed by atoms with Crippen LogP contribution in [0.5, 0.6) is 5.75 Å². The number of benzene rings is 2. The summed E-state index contributed by atoms with van der Waals surface area (Å²) in [6.45, 7) is 4.92. The van der Waals surface area contributed by atoms with E-state index in [-0.39, 0.29) is 24.4 Å². The number of nitrogens with one attached hydrogen (secondary N) is 1. The van der Waals surface area contributed by atoms with Crippen molar-refractivity contribution < 1.29 is 18.7 Å². The van der Waals surface area contributed by atoms with Crippen LogP contribution in [0.4, 0.5) is 10.1 Å². The zero-order valence-electron chi connectivity index (χ0n) is 22.4. The third kappa shape index (κ3) is 4.47. The molecule has 7 rings (SSSR count). The lowest BCUT2D eigenvalue weighted by molar-refractivity contribution is -0.137. The number of amides is 1. The van der Waals surface area contributed by atoms with Crippen LogP contribution in [0.1, 0.15) is 12.0 Å². The number of H-pyrrole nitrogens is 1. The Balaban J connectivity index is 1.28. The molecule has 10 heteroatoms. The van der Waals surface area contributed by atoms with Gasteiger partial charge in [-0.15, -0.1) is 0 Å². The van der Waals surface area contributed by atoms with Gasteiger partial charge in [-0.3, -0.25) is 19.8 Å². The average molecular weight is 543 g/mol. The number of aromatic nitrogens is 3. The maximum Gasteiger partial charge on any atom is 0.236 e. The first-order chi connectivity index (χ1) is 19.5. The van der Waals surface area contributed by atoms with Gasteiger partial charge in [-0.05, 0) is 29.8 Å². The standard InChI is InChI=1S/C30H31FN6O3/c1-35-15-21-16-37(9-8-36(21)17-28(35)38)26-7-6-19-12-27(26)40-11-3-10-39-18-20-4-2-5-23(31)29(20)24-13-22-25(14-32-24)33-34-30(19)22/h2,4-7,12-14,21H,3,8-11,15-18H2,1H3,(H,33,34)/t21-/m1/s1. The van der Waals surface area contributed by atoms with Gasteiger partial charge in [-0.2, -0.15) is 5.10 Å². The topological polar surface area (TPSA) is 86.8 Å². The molecule has 0 aliphatic carbocycles. The van der Waals surface area contributed by atoms with Crippen LogP contribution >= 0.6 is 0 Å². The minimum absolute atomic E-state index is 0.180. The Morgan fingerprint density at radius 1 is 1.10 bits per heavy atom. The molecular formula is C30H31FN6O3. The molecular weight excluding hydrogens is 511 g/mol. The van der Waals surface area contributed by atoms with Gasteiger partial charge in [-0.25, -0.2) is 4.39 Å². The summed E-state index contributed by atoms with van der Waals surface area (Å²) in [6, 6.07) is 13.4. The third-order valence-corrected chi connectivity index (χ3v) is 8.18. The van der Waals surface area contributed by atoms with Crippen LogP contribution in [0.15, 0.2) is 48.7 Å². The van der Waals surface area contributed by atoms with E-state index in [4.69, 9.17) is 9.47 Å². The van der Waals surface area contributed by atoms with Crippen LogP contribution in [0.25, 0.3) is 33.4 Å². The minimum Gasteiger partial charge on any atom is -0.491 e. The van der Waals surface area contributed by atoms with Crippen LogP contribution in [-0.2, 0) is 16.1 Å². The van der Waals surface area contributed by atoms with Crippen molar-refractivity contribution in [2.75, 3.05) is 57.9 Å². The van der Waals surface area contributed by atoms with Gasteiger partial charge in [0, 0.05) is 62.2 Å². The molecule has 0 unspecified atom stereocenters. The molecule has 1 atom stereocenters. The molecule has 3 aliphatic rings. The van der Waals surface area contributed by atoms with Gasteiger partial charge in [-0.1, -0.05) is 18.2 Å². The highest BCUT2D eigenvalue weighted by molar-refractivity contribution is 5.95. The zero-order valence-corrected chi connectivity index (χ0v) is 22.4. The molecule has 9 nitrogen and oxygen atoms in total. The summed E-state index contributed by atoms with van der Waals surface area (Å²) in [4.78, 5) is 23.2. The molecule has 1 N–H and O–H groups in total. The van der Waals surface area contributed by atoms with Gasteiger partial charge >= 0.3 is 0 Å². The second-order valence-electron chi connectivity index (χ2n) is 10.7. The smallest absolute Gasteiger partial charge is 0.236 e. The summed E-state index contributed by atoms with van der Waals surface area (Å²) in [5.41, 5.74) is 5.22. The number of hydrogen-bond acceptors (Lipinski definition) is 7. The molecule has 40 heavy (non-hydrogen) atoms. The number of hydrogen-bond donors (Lipinski definition) is 1. The number of carbonyl (C=O) groups excluding carboxylic acids is 1. The lowest BCUT2D eigenvalue weighted by Gasteiger charge is -2.46. The highest BCUT2D eigenvalue weighted by Gasteiger charge is 2.35. The molecule has 2 fully saturated rings. The molecule has 1 amide bonds. The number of anilines is 1. The van der Waals surface area contributed by atoms with Crippen LogP contribution < -0.4 is 9.64 Å².